The molecule has 5 nitrogen and oxygen atoms in total. The standard InChI is InChI=1S/C27H35NO4S/c1-27(2,15-19-8-9-20-6-4-5-7-22(20)14-19)28-16-23(29)17-31-26(21-10-11-21)25-13-12-24(33-25)18-32-30-3/h4-9,12-14,21,23,26,28-29H,10-11,15-18H2,1-3H3/t23-,26?/m1/s1. The van der Waals surface area contributed by atoms with Gasteiger partial charge in [-0.3, -0.25) is 0 Å². The summed E-state index contributed by atoms with van der Waals surface area (Å²) in [4.78, 5) is 12.0. The summed E-state index contributed by atoms with van der Waals surface area (Å²) >= 11 is 1.69. The van der Waals surface area contributed by atoms with Gasteiger partial charge >= 0.3 is 0 Å². The fourth-order valence-electron chi connectivity index (χ4n) is 4.18. The van der Waals surface area contributed by atoms with E-state index in [-0.39, 0.29) is 11.6 Å². The number of fused-ring (bicyclic) bond motifs is 1. The van der Waals surface area contributed by atoms with Crippen molar-refractivity contribution < 1.29 is 19.6 Å². The van der Waals surface area contributed by atoms with Crippen molar-refractivity contribution in [1.29, 1.82) is 0 Å². The van der Waals surface area contributed by atoms with Crippen molar-refractivity contribution in [2.75, 3.05) is 20.3 Å². The van der Waals surface area contributed by atoms with Gasteiger partial charge in [0.05, 0.1) is 25.9 Å². The van der Waals surface area contributed by atoms with Gasteiger partial charge in [-0.1, -0.05) is 42.5 Å². The number of aliphatic hydroxyl groups excluding tert-OH is 1. The van der Waals surface area contributed by atoms with E-state index in [4.69, 9.17) is 14.5 Å². The second-order valence-electron chi connectivity index (χ2n) is 9.60. The van der Waals surface area contributed by atoms with Gasteiger partial charge in [-0.05, 0) is 67.5 Å². The lowest BCUT2D eigenvalue weighted by Crippen LogP contribution is -2.46. The molecule has 2 atom stereocenters. The molecule has 2 aromatic carbocycles. The minimum absolute atomic E-state index is 0.0477. The number of aliphatic hydroxyl groups is 1. The van der Waals surface area contributed by atoms with E-state index in [1.807, 2.05) is 0 Å². The molecular formula is C27H35NO4S. The van der Waals surface area contributed by atoms with Crippen LogP contribution in [-0.4, -0.2) is 37.0 Å². The summed E-state index contributed by atoms with van der Waals surface area (Å²) in [5.74, 6) is 0.546. The van der Waals surface area contributed by atoms with Crippen LogP contribution in [0.3, 0.4) is 0 Å². The first-order valence-corrected chi connectivity index (χ1v) is 12.5. The van der Waals surface area contributed by atoms with Crippen LogP contribution in [0.4, 0.5) is 0 Å². The van der Waals surface area contributed by atoms with Crippen molar-refractivity contribution in [1.82, 2.24) is 5.32 Å². The Labute approximate surface area is 200 Å². The molecule has 1 saturated carbocycles. The second-order valence-corrected chi connectivity index (χ2v) is 10.8. The first-order valence-electron chi connectivity index (χ1n) is 11.7. The maximum absolute atomic E-state index is 10.6. The van der Waals surface area contributed by atoms with Crippen LogP contribution in [0, 0.1) is 5.92 Å². The normalized spacial score (nSPS) is 16.2. The Hall–Kier alpha value is -1.80. The second kappa shape index (κ2) is 11.1. The summed E-state index contributed by atoms with van der Waals surface area (Å²) in [5.41, 5.74) is 1.15. The lowest BCUT2D eigenvalue weighted by Gasteiger charge is -2.28. The van der Waals surface area contributed by atoms with Gasteiger partial charge in [0.1, 0.15) is 6.61 Å². The van der Waals surface area contributed by atoms with E-state index < -0.39 is 6.10 Å². The van der Waals surface area contributed by atoms with Crippen LogP contribution < -0.4 is 5.32 Å². The number of benzene rings is 2. The molecule has 1 aliphatic rings. The van der Waals surface area contributed by atoms with Crippen molar-refractivity contribution in [3.8, 4) is 0 Å². The maximum Gasteiger partial charge on any atom is 0.116 e. The Morgan fingerprint density at radius 2 is 1.88 bits per heavy atom. The van der Waals surface area contributed by atoms with E-state index in [1.54, 1.807) is 11.3 Å². The number of ether oxygens (including phenoxy) is 1. The minimum atomic E-state index is -0.557. The third-order valence-corrected chi connectivity index (χ3v) is 7.20. The Kier molecular flexibility index (Phi) is 8.17. The van der Waals surface area contributed by atoms with Crippen LogP contribution in [-0.2, 0) is 27.5 Å². The summed E-state index contributed by atoms with van der Waals surface area (Å²) in [5, 5.41) is 16.7. The Morgan fingerprint density at radius 1 is 1.09 bits per heavy atom. The fraction of sp³-hybridized carbons (Fsp3) is 0.481. The van der Waals surface area contributed by atoms with Gasteiger partial charge in [-0.15, -0.1) is 11.3 Å². The topological polar surface area (TPSA) is 60.0 Å². The molecule has 0 amide bonds. The highest BCUT2D eigenvalue weighted by Crippen LogP contribution is 2.45. The van der Waals surface area contributed by atoms with Crippen LogP contribution in [0.25, 0.3) is 10.8 Å². The molecule has 4 rings (SSSR count). The molecule has 178 valence electrons. The minimum Gasteiger partial charge on any atom is -0.389 e. The van der Waals surface area contributed by atoms with E-state index in [0.717, 1.165) is 11.3 Å². The molecule has 1 aromatic heterocycles. The van der Waals surface area contributed by atoms with E-state index >= 15 is 0 Å². The van der Waals surface area contributed by atoms with E-state index in [2.05, 4.69) is 73.8 Å². The zero-order valence-electron chi connectivity index (χ0n) is 19.8. The molecule has 1 aliphatic carbocycles. The third kappa shape index (κ3) is 7.09. The maximum atomic E-state index is 10.6. The van der Waals surface area contributed by atoms with Crippen molar-refractivity contribution in [2.45, 2.75) is 57.5 Å². The van der Waals surface area contributed by atoms with Crippen molar-refractivity contribution in [2.24, 2.45) is 5.92 Å². The monoisotopic (exact) mass is 469 g/mol. The van der Waals surface area contributed by atoms with Crippen molar-refractivity contribution in [3.05, 3.63) is 69.9 Å². The number of thiophene rings is 1. The highest BCUT2D eigenvalue weighted by Gasteiger charge is 2.34. The van der Waals surface area contributed by atoms with Crippen molar-refractivity contribution >= 4 is 22.1 Å². The van der Waals surface area contributed by atoms with Gasteiger partial charge in [-0.25, -0.2) is 9.78 Å². The quantitative estimate of drug-likeness (QED) is 0.259. The Balaban J connectivity index is 1.26. The molecule has 0 aliphatic heterocycles. The smallest absolute Gasteiger partial charge is 0.116 e. The predicted octanol–water partition coefficient (Wildman–Crippen LogP) is 5.42. The molecule has 33 heavy (non-hydrogen) atoms. The SMILES string of the molecule is COOCc1ccc(C(OC[C@H](O)CNC(C)(C)Cc2ccc3ccccc3c2)C2CC2)s1. The lowest BCUT2D eigenvalue weighted by molar-refractivity contribution is -0.281. The van der Waals surface area contributed by atoms with Gasteiger partial charge in [0.25, 0.3) is 0 Å². The predicted molar refractivity (Wildman–Crippen MR) is 133 cm³/mol. The van der Waals surface area contributed by atoms with Gasteiger partial charge in [0, 0.05) is 21.8 Å². The third-order valence-electron chi connectivity index (χ3n) is 6.08. The molecule has 2 N–H and O–H groups in total. The molecule has 0 bridgehead atoms. The summed E-state index contributed by atoms with van der Waals surface area (Å²) in [6.07, 6.45) is 2.74. The van der Waals surface area contributed by atoms with Crippen LogP contribution >= 0.6 is 11.3 Å². The van der Waals surface area contributed by atoms with Crippen molar-refractivity contribution in [3.63, 3.8) is 0 Å². The van der Waals surface area contributed by atoms with Gasteiger partial charge in [0.15, 0.2) is 0 Å². The molecule has 3 aromatic rings. The van der Waals surface area contributed by atoms with Gasteiger partial charge in [0.2, 0.25) is 0 Å². The number of rotatable bonds is 13. The molecular weight excluding hydrogens is 434 g/mol. The molecule has 1 unspecified atom stereocenters. The highest BCUT2D eigenvalue weighted by atomic mass is 32.1. The average molecular weight is 470 g/mol. The number of hydrogen-bond donors (Lipinski definition) is 2. The Morgan fingerprint density at radius 3 is 2.64 bits per heavy atom. The number of β-amino-alcohol motifs (C(OH)–C–C–N with tert-alkyl or cyclic N) is 1. The zero-order valence-corrected chi connectivity index (χ0v) is 20.6. The summed E-state index contributed by atoms with van der Waals surface area (Å²) in [6.45, 7) is 5.62. The first-order chi connectivity index (χ1) is 15.9. The largest absolute Gasteiger partial charge is 0.389 e. The number of nitrogens with one attached hydrogen (secondary N) is 1. The lowest BCUT2D eigenvalue weighted by atomic mass is 9.93. The van der Waals surface area contributed by atoms with Crippen LogP contribution in [0.5, 0.6) is 0 Å². The van der Waals surface area contributed by atoms with Crippen LogP contribution in [0.1, 0.15) is 48.1 Å². The van der Waals surface area contributed by atoms with E-state index in [9.17, 15) is 5.11 Å². The molecule has 0 radical (unpaired) electrons. The zero-order chi connectivity index (χ0) is 23.3. The molecule has 1 fully saturated rings. The first kappa shape index (κ1) is 24.3. The summed E-state index contributed by atoms with van der Waals surface area (Å²) in [7, 11) is 1.52. The van der Waals surface area contributed by atoms with E-state index in [1.165, 1.54) is 41.2 Å². The fourth-order valence-corrected chi connectivity index (χ4v) is 5.24. The summed E-state index contributed by atoms with van der Waals surface area (Å²) < 4.78 is 6.21. The molecule has 6 heteroatoms. The number of hydrogen-bond acceptors (Lipinski definition) is 6. The molecule has 1 heterocycles. The molecule has 0 saturated heterocycles. The van der Waals surface area contributed by atoms with Crippen LogP contribution in [0.2, 0.25) is 0 Å². The summed E-state index contributed by atoms with van der Waals surface area (Å²) in [6, 6.07) is 19.2. The van der Waals surface area contributed by atoms with Gasteiger partial charge < -0.3 is 15.2 Å². The van der Waals surface area contributed by atoms with Crippen LogP contribution in [0.15, 0.2) is 54.6 Å². The highest BCUT2D eigenvalue weighted by molar-refractivity contribution is 7.12. The Bertz CT molecular complexity index is 1030. The van der Waals surface area contributed by atoms with E-state index in [0.29, 0.717) is 25.7 Å². The average Bonchev–Trinajstić information content (AvgIpc) is 3.53. The van der Waals surface area contributed by atoms with Gasteiger partial charge in [-0.2, -0.15) is 0 Å². The molecule has 0 spiro atoms.